The Bertz CT molecular complexity index is 991. The third-order valence-corrected chi connectivity index (χ3v) is 4.22. The maximum absolute atomic E-state index is 12.4. The van der Waals surface area contributed by atoms with Crippen molar-refractivity contribution in [1.29, 1.82) is 0 Å². The molecule has 3 aromatic rings. The van der Waals surface area contributed by atoms with Gasteiger partial charge in [0.15, 0.2) is 0 Å². The fourth-order valence-corrected chi connectivity index (χ4v) is 2.73. The highest BCUT2D eigenvalue weighted by Crippen LogP contribution is 2.22. The van der Waals surface area contributed by atoms with Crippen molar-refractivity contribution >= 4 is 29.1 Å². The fraction of sp³-hybridized carbons (Fsp3) is 0.250. The van der Waals surface area contributed by atoms with Crippen LogP contribution in [0.5, 0.6) is 0 Å². The molecule has 3 rings (SSSR count). The van der Waals surface area contributed by atoms with Crippen LogP contribution in [0.2, 0.25) is 5.02 Å². The zero-order valence-corrected chi connectivity index (χ0v) is 16.6. The summed E-state index contributed by atoms with van der Waals surface area (Å²) in [5.74, 6) is 0.194. The molecule has 0 atom stereocenters. The lowest BCUT2D eigenvalue weighted by molar-refractivity contribution is -0.116. The molecule has 0 aliphatic rings. The van der Waals surface area contributed by atoms with Crippen LogP contribution in [0, 0.1) is 0 Å². The monoisotopic (exact) mass is 413 g/mol. The minimum Gasteiger partial charge on any atom is -0.352 e. The normalized spacial score (nSPS) is 10.6. The Morgan fingerprint density at radius 1 is 1.24 bits per heavy atom. The van der Waals surface area contributed by atoms with Gasteiger partial charge in [-0.05, 0) is 36.8 Å². The molecule has 0 bridgehead atoms. The van der Waals surface area contributed by atoms with Crippen molar-refractivity contribution in [3.63, 3.8) is 0 Å². The molecule has 0 aliphatic carbocycles. The van der Waals surface area contributed by atoms with Crippen LogP contribution in [-0.4, -0.2) is 33.5 Å². The summed E-state index contributed by atoms with van der Waals surface area (Å²) in [5.41, 5.74) is 1.44. The van der Waals surface area contributed by atoms with Gasteiger partial charge in [0, 0.05) is 42.4 Å². The van der Waals surface area contributed by atoms with Gasteiger partial charge in [-0.1, -0.05) is 23.7 Å². The molecule has 29 heavy (non-hydrogen) atoms. The average molecular weight is 414 g/mol. The lowest BCUT2D eigenvalue weighted by atomic mass is 10.1. The van der Waals surface area contributed by atoms with E-state index in [4.69, 9.17) is 16.1 Å². The minimum atomic E-state index is -0.294. The first kappa shape index (κ1) is 20.5. The molecular formula is C20H20ClN5O3. The number of rotatable bonds is 8. The standard InChI is InChI=1S/C20H20ClN5O3/c1-2-9-23-20(28)15-6-5-14(21)11-16(15)24-17(27)7-8-18-25-19(26-29-18)13-4-3-10-22-12-13/h3-6,10-12H,2,7-9H2,1H3,(H,23,28)(H,24,27). The highest BCUT2D eigenvalue weighted by atomic mass is 35.5. The second-order valence-corrected chi connectivity index (χ2v) is 6.68. The molecule has 2 amide bonds. The fourth-order valence-electron chi connectivity index (χ4n) is 2.55. The number of pyridine rings is 1. The summed E-state index contributed by atoms with van der Waals surface area (Å²) in [7, 11) is 0. The van der Waals surface area contributed by atoms with Crippen LogP contribution in [0.25, 0.3) is 11.4 Å². The van der Waals surface area contributed by atoms with E-state index in [0.29, 0.717) is 34.5 Å². The zero-order chi connectivity index (χ0) is 20.6. The summed E-state index contributed by atoms with van der Waals surface area (Å²) in [6, 6.07) is 8.34. The van der Waals surface area contributed by atoms with E-state index in [2.05, 4.69) is 25.8 Å². The topological polar surface area (TPSA) is 110 Å². The van der Waals surface area contributed by atoms with Gasteiger partial charge in [-0.15, -0.1) is 0 Å². The van der Waals surface area contributed by atoms with Crippen molar-refractivity contribution in [3.8, 4) is 11.4 Å². The molecule has 150 valence electrons. The van der Waals surface area contributed by atoms with Gasteiger partial charge in [0.05, 0.1) is 11.3 Å². The Labute approximate surface area is 172 Å². The van der Waals surface area contributed by atoms with Crippen LogP contribution < -0.4 is 10.6 Å². The maximum atomic E-state index is 12.4. The molecule has 1 aromatic carbocycles. The van der Waals surface area contributed by atoms with E-state index < -0.39 is 0 Å². The Hall–Kier alpha value is -3.26. The summed E-state index contributed by atoms with van der Waals surface area (Å²) in [6.45, 7) is 2.51. The first-order chi connectivity index (χ1) is 14.1. The molecule has 2 heterocycles. The van der Waals surface area contributed by atoms with E-state index in [9.17, 15) is 9.59 Å². The van der Waals surface area contributed by atoms with E-state index in [1.54, 1.807) is 36.7 Å². The largest absolute Gasteiger partial charge is 0.352 e. The lowest BCUT2D eigenvalue weighted by Gasteiger charge is -2.11. The Morgan fingerprint density at radius 2 is 2.10 bits per heavy atom. The Kier molecular flexibility index (Phi) is 6.91. The second kappa shape index (κ2) is 9.79. The van der Waals surface area contributed by atoms with E-state index in [0.717, 1.165) is 12.0 Å². The van der Waals surface area contributed by atoms with Crippen LogP contribution >= 0.6 is 11.6 Å². The van der Waals surface area contributed by atoms with Gasteiger partial charge in [-0.3, -0.25) is 14.6 Å². The number of amides is 2. The quantitative estimate of drug-likeness (QED) is 0.584. The molecular weight excluding hydrogens is 394 g/mol. The van der Waals surface area contributed by atoms with Gasteiger partial charge in [0.25, 0.3) is 5.91 Å². The van der Waals surface area contributed by atoms with E-state index >= 15 is 0 Å². The summed E-state index contributed by atoms with van der Waals surface area (Å²) in [4.78, 5) is 32.9. The van der Waals surface area contributed by atoms with Gasteiger partial charge < -0.3 is 15.2 Å². The van der Waals surface area contributed by atoms with Gasteiger partial charge >= 0.3 is 0 Å². The summed E-state index contributed by atoms with van der Waals surface area (Å²) in [5, 5.41) is 9.84. The van der Waals surface area contributed by atoms with Crippen molar-refractivity contribution in [2.24, 2.45) is 0 Å². The first-order valence-corrected chi connectivity index (χ1v) is 9.55. The number of nitrogens with zero attached hydrogens (tertiary/aromatic N) is 3. The van der Waals surface area contributed by atoms with Crippen molar-refractivity contribution in [2.45, 2.75) is 26.2 Å². The van der Waals surface area contributed by atoms with E-state index in [1.165, 1.54) is 0 Å². The number of aryl methyl sites for hydroxylation is 1. The maximum Gasteiger partial charge on any atom is 0.253 e. The number of carbonyl (C=O) groups excluding carboxylic acids is 2. The van der Waals surface area contributed by atoms with Gasteiger partial charge in [-0.2, -0.15) is 4.98 Å². The number of nitrogens with one attached hydrogen (secondary N) is 2. The van der Waals surface area contributed by atoms with Crippen LogP contribution in [0.15, 0.2) is 47.2 Å². The van der Waals surface area contributed by atoms with E-state index in [-0.39, 0.29) is 24.7 Å². The Balaban J connectivity index is 1.62. The number of anilines is 1. The molecule has 0 saturated heterocycles. The highest BCUT2D eigenvalue weighted by Gasteiger charge is 2.15. The molecule has 0 radical (unpaired) electrons. The molecule has 9 heteroatoms. The summed E-state index contributed by atoms with van der Waals surface area (Å²) >= 11 is 6.02. The van der Waals surface area contributed by atoms with Gasteiger partial charge in [0.2, 0.25) is 17.6 Å². The third kappa shape index (κ3) is 5.61. The molecule has 0 spiro atoms. The number of aromatic nitrogens is 3. The molecule has 0 saturated carbocycles. The molecule has 2 aromatic heterocycles. The third-order valence-electron chi connectivity index (χ3n) is 3.99. The van der Waals surface area contributed by atoms with Crippen molar-refractivity contribution in [2.75, 3.05) is 11.9 Å². The van der Waals surface area contributed by atoms with Crippen molar-refractivity contribution in [3.05, 3.63) is 59.2 Å². The predicted octanol–water partition coefficient (Wildman–Crippen LogP) is 3.50. The smallest absolute Gasteiger partial charge is 0.253 e. The van der Waals surface area contributed by atoms with Crippen LogP contribution in [0.1, 0.15) is 36.0 Å². The second-order valence-electron chi connectivity index (χ2n) is 6.25. The van der Waals surface area contributed by atoms with E-state index in [1.807, 2.05) is 13.0 Å². The average Bonchev–Trinajstić information content (AvgIpc) is 3.20. The predicted molar refractivity (Wildman–Crippen MR) is 109 cm³/mol. The van der Waals surface area contributed by atoms with Crippen LogP contribution in [0.4, 0.5) is 5.69 Å². The Morgan fingerprint density at radius 3 is 2.86 bits per heavy atom. The lowest BCUT2D eigenvalue weighted by Crippen LogP contribution is -2.25. The zero-order valence-electron chi connectivity index (χ0n) is 15.8. The van der Waals surface area contributed by atoms with Crippen molar-refractivity contribution in [1.82, 2.24) is 20.4 Å². The number of benzene rings is 1. The molecule has 0 aliphatic heterocycles. The summed E-state index contributed by atoms with van der Waals surface area (Å²) in [6.07, 6.45) is 4.47. The first-order valence-electron chi connectivity index (χ1n) is 9.17. The van der Waals surface area contributed by atoms with Gasteiger partial charge in [0.1, 0.15) is 0 Å². The number of carbonyl (C=O) groups is 2. The molecule has 8 nitrogen and oxygen atoms in total. The van der Waals surface area contributed by atoms with Crippen LogP contribution in [0.3, 0.4) is 0 Å². The minimum absolute atomic E-state index is 0.108. The summed E-state index contributed by atoms with van der Waals surface area (Å²) < 4.78 is 5.19. The number of hydrogen-bond donors (Lipinski definition) is 2. The SMILES string of the molecule is CCCNC(=O)c1ccc(Cl)cc1NC(=O)CCc1nc(-c2cccnc2)no1. The van der Waals surface area contributed by atoms with Gasteiger partial charge in [-0.25, -0.2) is 0 Å². The number of halogens is 1. The molecule has 0 unspecified atom stereocenters. The van der Waals surface area contributed by atoms with Crippen molar-refractivity contribution < 1.29 is 14.1 Å². The highest BCUT2D eigenvalue weighted by molar-refractivity contribution is 6.31. The number of hydrogen-bond acceptors (Lipinski definition) is 6. The molecule has 2 N–H and O–H groups in total. The van der Waals surface area contributed by atoms with Crippen LogP contribution in [-0.2, 0) is 11.2 Å². The molecule has 0 fully saturated rings.